The van der Waals surface area contributed by atoms with Gasteiger partial charge in [-0.15, -0.1) is 0 Å². The van der Waals surface area contributed by atoms with E-state index in [9.17, 15) is 9.59 Å². The van der Waals surface area contributed by atoms with Crippen LogP contribution in [0.1, 0.15) is 59.3 Å². The second kappa shape index (κ2) is 8.25. The molecule has 1 rings (SSSR count). The van der Waals surface area contributed by atoms with E-state index in [0.29, 0.717) is 19.0 Å². The van der Waals surface area contributed by atoms with Gasteiger partial charge in [-0.25, -0.2) is 4.79 Å². The van der Waals surface area contributed by atoms with E-state index < -0.39 is 5.97 Å². The average molecular weight is 298 g/mol. The lowest BCUT2D eigenvalue weighted by Crippen LogP contribution is -2.42. The zero-order valence-electron chi connectivity index (χ0n) is 13.6. The number of urea groups is 1. The summed E-state index contributed by atoms with van der Waals surface area (Å²) in [5.41, 5.74) is 0.232. The summed E-state index contributed by atoms with van der Waals surface area (Å²) >= 11 is 0. The van der Waals surface area contributed by atoms with Crippen LogP contribution in [0.5, 0.6) is 0 Å². The average Bonchev–Trinajstić information content (AvgIpc) is 2.80. The minimum Gasteiger partial charge on any atom is -0.481 e. The first kappa shape index (κ1) is 17.8. The molecule has 0 saturated heterocycles. The minimum atomic E-state index is -0.804. The van der Waals surface area contributed by atoms with Gasteiger partial charge in [-0.05, 0) is 36.5 Å². The quantitative estimate of drug-likeness (QED) is 0.644. The molecule has 2 amide bonds. The van der Waals surface area contributed by atoms with Gasteiger partial charge in [0.1, 0.15) is 0 Å². The van der Waals surface area contributed by atoms with Gasteiger partial charge in [0.25, 0.3) is 0 Å². The van der Waals surface area contributed by atoms with Crippen molar-refractivity contribution in [1.82, 2.24) is 10.6 Å². The van der Waals surface area contributed by atoms with Crippen LogP contribution in [0.3, 0.4) is 0 Å². The standard InChI is InChI=1S/C16H30N2O3/c1-12(2)8-13(9-14(19)20)10-17-15(21)18-11-16(3)6-4-5-7-16/h12-13H,4-11H2,1-3H3,(H,19,20)(H2,17,18,21). The summed E-state index contributed by atoms with van der Waals surface area (Å²) in [5, 5.41) is 14.7. The smallest absolute Gasteiger partial charge is 0.314 e. The first-order chi connectivity index (χ1) is 9.81. The van der Waals surface area contributed by atoms with Gasteiger partial charge in [-0.1, -0.05) is 33.6 Å². The fourth-order valence-corrected chi connectivity index (χ4v) is 3.15. The highest BCUT2D eigenvalue weighted by atomic mass is 16.4. The van der Waals surface area contributed by atoms with Crippen molar-refractivity contribution in [3.63, 3.8) is 0 Å². The Hall–Kier alpha value is -1.26. The summed E-state index contributed by atoms with van der Waals surface area (Å²) in [4.78, 5) is 22.7. The normalized spacial score (nSPS) is 18.5. The molecule has 1 saturated carbocycles. The van der Waals surface area contributed by atoms with Crippen LogP contribution in [-0.4, -0.2) is 30.2 Å². The van der Waals surface area contributed by atoms with Crippen molar-refractivity contribution < 1.29 is 14.7 Å². The molecule has 0 heterocycles. The summed E-state index contributed by atoms with van der Waals surface area (Å²) in [7, 11) is 0. The molecule has 0 aliphatic heterocycles. The topological polar surface area (TPSA) is 78.4 Å². The van der Waals surface area contributed by atoms with Crippen molar-refractivity contribution in [1.29, 1.82) is 0 Å². The summed E-state index contributed by atoms with van der Waals surface area (Å²) < 4.78 is 0. The molecular formula is C16H30N2O3. The zero-order valence-corrected chi connectivity index (χ0v) is 13.6. The lowest BCUT2D eigenvalue weighted by Gasteiger charge is -2.24. The highest BCUT2D eigenvalue weighted by Crippen LogP contribution is 2.36. The third-order valence-electron chi connectivity index (χ3n) is 4.31. The lowest BCUT2D eigenvalue weighted by molar-refractivity contribution is -0.138. The van der Waals surface area contributed by atoms with Crippen molar-refractivity contribution in [3.05, 3.63) is 0 Å². The predicted molar refractivity (Wildman–Crippen MR) is 83.2 cm³/mol. The molecule has 122 valence electrons. The minimum absolute atomic E-state index is 0.00434. The Morgan fingerprint density at radius 1 is 1.19 bits per heavy atom. The number of carbonyl (C=O) groups is 2. The first-order valence-corrected chi connectivity index (χ1v) is 8.04. The molecule has 1 aliphatic rings. The molecule has 0 aromatic heterocycles. The monoisotopic (exact) mass is 298 g/mol. The van der Waals surface area contributed by atoms with E-state index in [1.54, 1.807) is 0 Å². The van der Waals surface area contributed by atoms with Crippen LogP contribution in [0.2, 0.25) is 0 Å². The van der Waals surface area contributed by atoms with Crippen molar-refractivity contribution in [2.75, 3.05) is 13.1 Å². The highest BCUT2D eigenvalue weighted by Gasteiger charge is 2.28. The first-order valence-electron chi connectivity index (χ1n) is 8.04. The maximum Gasteiger partial charge on any atom is 0.314 e. The lowest BCUT2D eigenvalue weighted by atomic mass is 9.89. The highest BCUT2D eigenvalue weighted by molar-refractivity contribution is 5.74. The number of hydrogen-bond acceptors (Lipinski definition) is 2. The number of carbonyl (C=O) groups excluding carboxylic acids is 1. The van der Waals surface area contributed by atoms with Crippen LogP contribution in [0.25, 0.3) is 0 Å². The largest absolute Gasteiger partial charge is 0.481 e. The SMILES string of the molecule is CC(C)CC(CNC(=O)NCC1(C)CCCC1)CC(=O)O. The number of carboxylic acid groups (broad SMARTS) is 1. The number of rotatable bonds is 8. The predicted octanol–water partition coefficient (Wildman–Crippen LogP) is 3.00. The number of amides is 2. The molecule has 0 radical (unpaired) electrons. The molecule has 5 nitrogen and oxygen atoms in total. The van der Waals surface area contributed by atoms with E-state index in [0.717, 1.165) is 6.42 Å². The molecule has 0 spiro atoms. The van der Waals surface area contributed by atoms with Crippen molar-refractivity contribution in [2.24, 2.45) is 17.3 Å². The van der Waals surface area contributed by atoms with Gasteiger partial charge in [0.2, 0.25) is 0 Å². The Kier molecular flexibility index (Phi) is 6.99. The van der Waals surface area contributed by atoms with E-state index in [1.165, 1.54) is 25.7 Å². The molecule has 1 unspecified atom stereocenters. The molecule has 3 N–H and O–H groups in total. The molecule has 0 aromatic rings. The van der Waals surface area contributed by atoms with Crippen LogP contribution >= 0.6 is 0 Å². The van der Waals surface area contributed by atoms with Gasteiger partial charge in [-0.3, -0.25) is 4.79 Å². The van der Waals surface area contributed by atoms with E-state index >= 15 is 0 Å². The molecule has 0 aromatic carbocycles. The van der Waals surface area contributed by atoms with Crippen LogP contribution in [-0.2, 0) is 4.79 Å². The molecule has 5 heteroatoms. The Labute approximate surface area is 127 Å². The molecule has 1 atom stereocenters. The fraction of sp³-hybridized carbons (Fsp3) is 0.875. The summed E-state index contributed by atoms with van der Waals surface area (Å²) in [5.74, 6) is -0.381. The van der Waals surface area contributed by atoms with Crippen molar-refractivity contribution in [3.8, 4) is 0 Å². The molecule has 1 fully saturated rings. The van der Waals surface area contributed by atoms with Crippen LogP contribution in [0.4, 0.5) is 4.79 Å². The summed E-state index contributed by atoms with van der Waals surface area (Å²) in [6.45, 7) is 7.47. The van der Waals surface area contributed by atoms with E-state index in [2.05, 4.69) is 31.4 Å². The van der Waals surface area contributed by atoms with E-state index in [4.69, 9.17) is 5.11 Å². The van der Waals surface area contributed by atoms with Crippen molar-refractivity contribution >= 4 is 12.0 Å². The third-order valence-corrected chi connectivity index (χ3v) is 4.31. The number of aliphatic carboxylic acids is 1. The van der Waals surface area contributed by atoms with Crippen LogP contribution in [0, 0.1) is 17.3 Å². The fourth-order valence-electron chi connectivity index (χ4n) is 3.15. The van der Waals surface area contributed by atoms with Crippen LogP contribution in [0.15, 0.2) is 0 Å². The van der Waals surface area contributed by atoms with Gasteiger partial charge in [0.15, 0.2) is 0 Å². The maximum absolute atomic E-state index is 11.8. The van der Waals surface area contributed by atoms with Crippen LogP contribution < -0.4 is 10.6 Å². The van der Waals surface area contributed by atoms with E-state index in [1.807, 2.05) is 0 Å². The van der Waals surface area contributed by atoms with Gasteiger partial charge in [-0.2, -0.15) is 0 Å². The van der Waals surface area contributed by atoms with Gasteiger partial charge >= 0.3 is 12.0 Å². The van der Waals surface area contributed by atoms with Gasteiger partial charge in [0.05, 0.1) is 0 Å². The van der Waals surface area contributed by atoms with Gasteiger partial charge < -0.3 is 15.7 Å². The molecular weight excluding hydrogens is 268 g/mol. The summed E-state index contributed by atoms with van der Waals surface area (Å²) in [6.07, 6.45) is 5.74. The molecule has 0 bridgehead atoms. The van der Waals surface area contributed by atoms with Crippen molar-refractivity contribution in [2.45, 2.75) is 59.3 Å². The third kappa shape index (κ3) is 7.34. The number of nitrogens with one attached hydrogen (secondary N) is 2. The number of hydrogen-bond donors (Lipinski definition) is 3. The number of carboxylic acids is 1. The molecule has 21 heavy (non-hydrogen) atoms. The van der Waals surface area contributed by atoms with E-state index in [-0.39, 0.29) is 23.8 Å². The van der Waals surface area contributed by atoms with Gasteiger partial charge in [0, 0.05) is 19.5 Å². The maximum atomic E-state index is 11.8. The Morgan fingerprint density at radius 2 is 1.81 bits per heavy atom. The Balaban J connectivity index is 2.29. The Morgan fingerprint density at radius 3 is 2.33 bits per heavy atom. The second-order valence-electron chi connectivity index (χ2n) is 7.17. The summed E-state index contributed by atoms with van der Waals surface area (Å²) in [6, 6.07) is -0.178. The molecule has 1 aliphatic carbocycles. The Bertz CT molecular complexity index is 349. The zero-order chi connectivity index (χ0) is 15.9. The second-order valence-corrected chi connectivity index (χ2v) is 7.17.